The lowest BCUT2D eigenvalue weighted by Gasteiger charge is -2.43. The van der Waals surface area contributed by atoms with Crippen LogP contribution in [0.2, 0.25) is 0 Å². The van der Waals surface area contributed by atoms with Gasteiger partial charge in [-0.3, -0.25) is 14.5 Å². The molecule has 2 unspecified atom stereocenters. The Morgan fingerprint density at radius 2 is 1.73 bits per heavy atom. The first-order chi connectivity index (χ1) is 17.4. The molecule has 3 heterocycles. The van der Waals surface area contributed by atoms with E-state index in [-0.39, 0.29) is 34.7 Å². The third-order valence-electron chi connectivity index (χ3n) is 9.93. The molecule has 0 N–H and O–H groups in total. The fourth-order valence-corrected chi connectivity index (χ4v) is 7.94. The Kier molecular flexibility index (Phi) is 6.91. The maximum atomic E-state index is 14.9. The summed E-state index contributed by atoms with van der Waals surface area (Å²) in [5, 5.41) is 0. The molecule has 1 spiro atoms. The molecule has 4 fully saturated rings. The van der Waals surface area contributed by atoms with Gasteiger partial charge in [-0.2, -0.15) is 0 Å². The highest BCUT2D eigenvalue weighted by molar-refractivity contribution is 5.87. The number of hydrogen-bond acceptors (Lipinski definition) is 3. The van der Waals surface area contributed by atoms with E-state index in [1.165, 1.54) is 25.0 Å². The predicted molar refractivity (Wildman–Crippen MR) is 140 cm³/mol. The predicted octanol–water partition coefficient (Wildman–Crippen LogP) is 5.20. The zero-order valence-corrected chi connectivity index (χ0v) is 23.1. The van der Waals surface area contributed by atoms with E-state index in [9.17, 15) is 18.4 Å². The lowest BCUT2D eigenvalue weighted by molar-refractivity contribution is -0.146. The van der Waals surface area contributed by atoms with E-state index < -0.39 is 11.6 Å². The number of halogens is 2. The molecular weight excluding hydrogens is 472 g/mol. The van der Waals surface area contributed by atoms with Gasteiger partial charge in [0.05, 0.1) is 11.3 Å². The molecule has 0 radical (unpaired) electrons. The molecule has 5 rings (SSSR count). The summed E-state index contributed by atoms with van der Waals surface area (Å²) in [6.07, 6.45) is 5.99. The summed E-state index contributed by atoms with van der Waals surface area (Å²) in [5.74, 6) is -1.16. The smallest absolute Gasteiger partial charge is 0.229 e. The van der Waals surface area contributed by atoms with Crippen molar-refractivity contribution in [3.8, 4) is 0 Å². The fourth-order valence-electron chi connectivity index (χ4n) is 7.94. The van der Waals surface area contributed by atoms with Crippen molar-refractivity contribution < 1.29 is 18.4 Å². The minimum absolute atomic E-state index is 0.0432. The normalized spacial score (nSPS) is 30.4. The van der Waals surface area contributed by atoms with E-state index in [1.54, 1.807) is 0 Å². The van der Waals surface area contributed by atoms with Crippen molar-refractivity contribution in [1.82, 2.24) is 14.7 Å². The Balaban J connectivity index is 1.36. The maximum absolute atomic E-state index is 14.9. The van der Waals surface area contributed by atoms with Crippen molar-refractivity contribution in [1.29, 1.82) is 0 Å². The van der Waals surface area contributed by atoms with Gasteiger partial charge in [-0.15, -0.1) is 0 Å². The largest absolute Gasteiger partial charge is 0.342 e. The number of benzene rings is 1. The van der Waals surface area contributed by atoms with Crippen LogP contribution in [-0.2, 0) is 9.59 Å². The standard InChI is InChI=1S/C30H43F2N3O2/c1-19(2)35-26-9-7-6-8-24(26)30(28(35)37)12-14-33(15-13-30)27(36)23-18-34(29(3,4)5)17-22(23)21-11-10-20(31)16-25(21)32/h10-11,16,19,22-24,26H,6-9,12-15,17-18H2,1-5H3/t22-,23+,24?,26?/m0/s1. The molecular formula is C30H43F2N3O2. The number of rotatable bonds is 3. The van der Waals surface area contributed by atoms with Gasteiger partial charge in [-0.05, 0) is 77.8 Å². The first-order valence-corrected chi connectivity index (χ1v) is 14.3. The number of piperidine rings is 1. The zero-order valence-electron chi connectivity index (χ0n) is 23.1. The van der Waals surface area contributed by atoms with Crippen LogP contribution in [0.25, 0.3) is 0 Å². The van der Waals surface area contributed by atoms with Crippen LogP contribution in [0.3, 0.4) is 0 Å². The maximum Gasteiger partial charge on any atom is 0.229 e. The van der Waals surface area contributed by atoms with Gasteiger partial charge in [0.2, 0.25) is 11.8 Å². The van der Waals surface area contributed by atoms with E-state index in [2.05, 4.69) is 44.4 Å². The SMILES string of the molecule is CC(C)N1C(=O)C2(CCN(C(=O)[C@@H]3CN(C(C)(C)C)C[C@H]3c3ccc(F)cc3F)CC2)C2CCCCC21. The molecule has 4 atom stereocenters. The number of likely N-dealkylation sites (tertiary alicyclic amines) is 3. The van der Waals surface area contributed by atoms with Crippen LogP contribution < -0.4 is 0 Å². The Morgan fingerprint density at radius 1 is 1.05 bits per heavy atom. The second-order valence-electron chi connectivity index (χ2n) is 13.2. The van der Waals surface area contributed by atoms with Crippen LogP contribution in [0.5, 0.6) is 0 Å². The van der Waals surface area contributed by atoms with Crippen LogP contribution in [0.15, 0.2) is 18.2 Å². The number of nitrogens with zero attached hydrogens (tertiary/aromatic N) is 3. The summed E-state index contributed by atoms with van der Waals surface area (Å²) in [4.78, 5) is 34.1. The zero-order chi connectivity index (χ0) is 26.7. The summed E-state index contributed by atoms with van der Waals surface area (Å²) >= 11 is 0. The second kappa shape index (κ2) is 9.62. The molecule has 1 aromatic carbocycles. The van der Waals surface area contributed by atoms with Crippen molar-refractivity contribution in [2.75, 3.05) is 26.2 Å². The average Bonchev–Trinajstić information content (AvgIpc) is 3.38. The monoisotopic (exact) mass is 515 g/mol. The van der Waals surface area contributed by atoms with E-state index in [1.807, 2.05) is 4.90 Å². The number of carbonyl (C=O) groups excluding carboxylic acids is 2. The van der Waals surface area contributed by atoms with Crippen LogP contribution in [0, 0.1) is 28.9 Å². The van der Waals surface area contributed by atoms with Gasteiger partial charge in [-0.25, -0.2) is 8.78 Å². The van der Waals surface area contributed by atoms with E-state index in [0.717, 1.165) is 18.9 Å². The molecule has 204 valence electrons. The first kappa shape index (κ1) is 26.6. The Bertz CT molecular complexity index is 1040. The molecule has 3 saturated heterocycles. The molecule has 7 heteroatoms. The summed E-state index contributed by atoms with van der Waals surface area (Å²) in [7, 11) is 0. The van der Waals surface area contributed by atoms with Crippen LogP contribution in [0.1, 0.15) is 84.6 Å². The van der Waals surface area contributed by atoms with Crippen molar-refractivity contribution in [3.05, 3.63) is 35.4 Å². The second-order valence-corrected chi connectivity index (χ2v) is 13.2. The molecule has 0 aromatic heterocycles. The summed E-state index contributed by atoms with van der Waals surface area (Å²) in [6.45, 7) is 12.8. The molecule has 4 aliphatic rings. The Morgan fingerprint density at radius 3 is 2.35 bits per heavy atom. The van der Waals surface area contributed by atoms with Gasteiger partial charge >= 0.3 is 0 Å². The number of hydrogen-bond donors (Lipinski definition) is 0. The van der Waals surface area contributed by atoms with Gasteiger partial charge in [0.15, 0.2) is 0 Å². The molecule has 0 bridgehead atoms. The van der Waals surface area contributed by atoms with Gasteiger partial charge in [0.25, 0.3) is 0 Å². The highest BCUT2D eigenvalue weighted by Gasteiger charge is 2.60. The quantitative estimate of drug-likeness (QED) is 0.556. The van der Waals surface area contributed by atoms with Gasteiger partial charge in [-0.1, -0.05) is 18.9 Å². The highest BCUT2D eigenvalue weighted by atomic mass is 19.1. The van der Waals surface area contributed by atoms with Crippen LogP contribution >= 0.6 is 0 Å². The Hall–Kier alpha value is -2.02. The topological polar surface area (TPSA) is 43.9 Å². The first-order valence-electron chi connectivity index (χ1n) is 14.3. The molecule has 1 aliphatic carbocycles. The van der Waals surface area contributed by atoms with E-state index >= 15 is 0 Å². The summed E-state index contributed by atoms with van der Waals surface area (Å²) < 4.78 is 28.5. The molecule has 1 aromatic rings. The van der Waals surface area contributed by atoms with E-state index in [4.69, 9.17) is 0 Å². The minimum atomic E-state index is -0.603. The van der Waals surface area contributed by atoms with Crippen molar-refractivity contribution >= 4 is 11.8 Å². The third-order valence-corrected chi connectivity index (χ3v) is 9.93. The fraction of sp³-hybridized carbons (Fsp3) is 0.733. The Labute approximate surface area is 220 Å². The molecule has 5 nitrogen and oxygen atoms in total. The van der Waals surface area contributed by atoms with Gasteiger partial charge in [0, 0.05) is 55.8 Å². The molecule has 3 aliphatic heterocycles. The third kappa shape index (κ3) is 4.49. The van der Waals surface area contributed by atoms with Crippen molar-refractivity contribution in [2.24, 2.45) is 17.3 Å². The number of carbonyl (C=O) groups is 2. The van der Waals surface area contributed by atoms with Gasteiger partial charge < -0.3 is 9.80 Å². The van der Waals surface area contributed by atoms with Crippen molar-refractivity contribution in [3.63, 3.8) is 0 Å². The van der Waals surface area contributed by atoms with Crippen LogP contribution in [0.4, 0.5) is 8.78 Å². The number of fused-ring (bicyclic) bond motifs is 2. The van der Waals surface area contributed by atoms with E-state index in [0.29, 0.717) is 62.5 Å². The van der Waals surface area contributed by atoms with Crippen LogP contribution in [-0.4, -0.2) is 70.3 Å². The molecule has 37 heavy (non-hydrogen) atoms. The lowest BCUT2D eigenvalue weighted by atomic mass is 9.64. The van der Waals surface area contributed by atoms with Crippen molar-refractivity contribution in [2.45, 2.75) is 96.7 Å². The van der Waals surface area contributed by atoms with Gasteiger partial charge in [0.1, 0.15) is 11.6 Å². The lowest BCUT2D eigenvalue weighted by Crippen LogP contribution is -2.51. The molecule has 2 amide bonds. The highest BCUT2D eigenvalue weighted by Crippen LogP contribution is 2.54. The molecule has 1 saturated carbocycles. The average molecular weight is 516 g/mol. The minimum Gasteiger partial charge on any atom is -0.342 e. The summed E-state index contributed by atoms with van der Waals surface area (Å²) in [6, 6.07) is 4.26. The summed E-state index contributed by atoms with van der Waals surface area (Å²) in [5.41, 5.74) is -0.0899. The number of amides is 2.